The lowest BCUT2D eigenvalue weighted by atomic mass is 10.2. The molecule has 4 rings (SSSR count). The third-order valence-corrected chi connectivity index (χ3v) is 5.81. The average Bonchev–Trinajstić information content (AvgIpc) is 3.10. The van der Waals surface area contributed by atoms with Crippen LogP contribution < -0.4 is 4.90 Å². The molecule has 0 spiro atoms. The molecular weight excluding hydrogens is 382 g/mol. The van der Waals surface area contributed by atoms with Crippen molar-refractivity contribution in [2.45, 2.75) is 18.0 Å². The van der Waals surface area contributed by atoms with Crippen LogP contribution in [0.3, 0.4) is 0 Å². The average molecular weight is 399 g/mol. The first-order chi connectivity index (χ1) is 13.3. The Hall–Kier alpha value is -3.27. The van der Waals surface area contributed by atoms with Crippen molar-refractivity contribution in [3.63, 3.8) is 0 Å². The molecule has 0 aliphatic carbocycles. The lowest BCUT2D eigenvalue weighted by Crippen LogP contribution is -2.34. The van der Waals surface area contributed by atoms with Gasteiger partial charge in [0.2, 0.25) is 0 Å². The summed E-state index contributed by atoms with van der Waals surface area (Å²) < 4.78 is 25.5. The number of benzene rings is 2. The van der Waals surface area contributed by atoms with Crippen molar-refractivity contribution in [1.82, 2.24) is 14.8 Å². The van der Waals surface area contributed by atoms with Gasteiger partial charge in [0.15, 0.2) is 21.5 Å². The third kappa shape index (κ3) is 3.22. The van der Waals surface area contributed by atoms with Crippen molar-refractivity contribution < 1.29 is 13.3 Å². The first-order valence-electron chi connectivity index (χ1n) is 8.55. The zero-order chi connectivity index (χ0) is 19.9. The predicted molar refractivity (Wildman–Crippen MR) is 103 cm³/mol. The normalized spacial score (nSPS) is 14.0. The fourth-order valence-electron chi connectivity index (χ4n) is 3.31. The Morgan fingerprint density at radius 1 is 1.07 bits per heavy atom. The largest absolute Gasteiger partial charge is 0.357 e. The molecule has 28 heavy (non-hydrogen) atoms. The Morgan fingerprint density at radius 2 is 1.82 bits per heavy atom. The maximum atomic E-state index is 11.7. The molecule has 1 aliphatic heterocycles. The summed E-state index contributed by atoms with van der Waals surface area (Å²) in [6.45, 7) is 1.43. The molecule has 144 valence electrons. The summed E-state index contributed by atoms with van der Waals surface area (Å²) in [7, 11) is -3.53. The molecular formula is C18H17N5O4S. The van der Waals surface area contributed by atoms with E-state index >= 15 is 0 Å². The zero-order valence-electron chi connectivity index (χ0n) is 15.0. The zero-order valence-corrected chi connectivity index (χ0v) is 15.8. The number of fused-ring (bicyclic) bond motifs is 1. The van der Waals surface area contributed by atoms with Gasteiger partial charge in [-0.2, -0.15) is 0 Å². The van der Waals surface area contributed by atoms with Crippen LogP contribution in [-0.4, -0.2) is 40.9 Å². The summed E-state index contributed by atoms with van der Waals surface area (Å²) in [6.07, 6.45) is 1.03. The number of nitro benzene ring substituents is 1. The number of rotatable bonds is 4. The molecule has 0 amide bonds. The van der Waals surface area contributed by atoms with E-state index in [1.165, 1.54) is 12.1 Å². The molecule has 0 bridgehead atoms. The number of hydrogen-bond acceptors (Lipinski definition) is 7. The molecule has 0 radical (unpaired) electrons. The highest BCUT2D eigenvalue weighted by atomic mass is 32.2. The number of anilines is 1. The molecule has 3 aromatic rings. The van der Waals surface area contributed by atoms with E-state index < -0.39 is 14.8 Å². The maximum Gasteiger partial charge on any atom is 0.293 e. The quantitative estimate of drug-likeness (QED) is 0.489. The molecule has 0 atom stereocenters. The van der Waals surface area contributed by atoms with Crippen LogP contribution in [0.25, 0.3) is 11.4 Å². The van der Waals surface area contributed by atoms with E-state index in [4.69, 9.17) is 0 Å². The summed E-state index contributed by atoms with van der Waals surface area (Å²) in [5, 5.41) is 20.0. The summed E-state index contributed by atoms with van der Waals surface area (Å²) in [6, 6.07) is 13.7. The second-order valence-corrected chi connectivity index (χ2v) is 8.57. The minimum Gasteiger partial charge on any atom is -0.357 e. The van der Waals surface area contributed by atoms with E-state index in [0.717, 1.165) is 23.7 Å². The summed E-state index contributed by atoms with van der Waals surface area (Å²) in [4.78, 5) is 12.7. The number of hydrogen-bond donors (Lipinski definition) is 0. The molecule has 9 nitrogen and oxygen atoms in total. The van der Waals surface area contributed by atoms with E-state index in [1.807, 2.05) is 39.8 Å². The van der Waals surface area contributed by atoms with Crippen LogP contribution in [0.15, 0.2) is 53.4 Å². The molecule has 2 aromatic carbocycles. The van der Waals surface area contributed by atoms with E-state index in [-0.39, 0.29) is 10.6 Å². The molecule has 1 aliphatic rings. The number of sulfone groups is 1. The van der Waals surface area contributed by atoms with Crippen molar-refractivity contribution >= 4 is 21.2 Å². The van der Waals surface area contributed by atoms with Gasteiger partial charge in [-0.15, -0.1) is 10.2 Å². The van der Waals surface area contributed by atoms with Gasteiger partial charge < -0.3 is 9.47 Å². The van der Waals surface area contributed by atoms with Gasteiger partial charge in [0, 0.05) is 31.0 Å². The highest BCUT2D eigenvalue weighted by molar-refractivity contribution is 7.90. The minimum absolute atomic E-state index is 0.0745. The molecule has 1 aromatic heterocycles. The lowest BCUT2D eigenvalue weighted by Gasteiger charge is -2.29. The van der Waals surface area contributed by atoms with Gasteiger partial charge in [-0.25, -0.2) is 8.42 Å². The molecule has 10 heteroatoms. The van der Waals surface area contributed by atoms with Crippen molar-refractivity contribution in [2.24, 2.45) is 0 Å². The molecule has 0 unspecified atom stereocenters. The monoisotopic (exact) mass is 399 g/mol. The van der Waals surface area contributed by atoms with Crippen molar-refractivity contribution in [3.05, 3.63) is 64.5 Å². The van der Waals surface area contributed by atoms with Gasteiger partial charge >= 0.3 is 0 Å². The van der Waals surface area contributed by atoms with Crippen LogP contribution in [0.5, 0.6) is 0 Å². The van der Waals surface area contributed by atoms with Crippen LogP contribution in [-0.2, 0) is 22.9 Å². The SMILES string of the molecule is CS(=O)(=O)c1ccc(N2CCn3c(nnc3-c3ccccc3)C2)c([N+](=O)[O-])c1. The van der Waals surface area contributed by atoms with Gasteiger partial charge in [0.25, 0.3) is 5.69 Å². The fourth-order valence-corrected chi connectivity index (χ4v) is 3.95. The first-order valence-corrected chi connectivity index (χ1v) is 10.4. The topological polar surface area (TPSA) is 111 Å². The van der Waals surface area contributed by atoms with Crippen LogP contribution in [0.1, 0.15) is 5.82 Å². The van der Waals surface area contributed by atoms with Gasteiger partial charge in [-0.05, 0) is 12.1 Å². The summed E-state index contributed by atoms with van der Waals surface area (Å²) in [5.74, 6) is 1.46. The Labute approximate surface area is 161 Å². The van der Waals surface area contributed by atoms with Gasteiger partial charge in [0.05, 0.1) is 16.4 Å². The Balaban J connectivity index is 1.69. The second kappa shape index (κ2) is 6.71. The van der Waals surface area contributed by atoms with Crippen LogP contribution in [0.2, 0.25) is 0 Å². The van der Waals surface area contributed by atoms with Crippen molar-refractivity contribution in [1.29, 1.82) is 0 Å². The Kier molecular flexibility index (Phi) is 4.34. The molecule has 0 saturated carbocycles. The highest BCUT2D eigenvalue weighted by Gasteiger charge is 2.27. The number of nitrogens with zero attached hydrogens (tertiary/aromatic N) is 5. The predicted octanol–water partition coefficient (Wildman–Crippen LogP) is 2.28. The van der Waals surface area contributed by atoms with E-state index in [1.54, 1.807) is 0 Å². The van der Waals surface area contributed by atoms with Gasteiger partial charge in [-0.1, -0.05) is 30.3 Å². The number of aromatic nitrogens is 3. The summed E-state index contributed by atoms with van der Waals surface area (Å²) in [5.41, 5.74) is 1.09. The Morgan fingerprint density at radius 3 is 2.50 bits per heavy atom. The van der Waals surface area contributed by atoms with Crippen LogP contribution in [0.4, 0.5) is 11.4 Å². The second-order valence-electron chi connectivity index (χ2n) is 6.56. The number of nitro groups is 1. The highest BCUT2D eigenvalue weighted by Crippen LogP contribution is 2.33. The lowest BCUT2D eigenvalue weighted by molar-refractivity contribution is -0.384. The fraction of sp³-hybridized carbons (Fsp3) is 0.222. The Bertz CT molecular complexity index is 1160. The molecule has 0 N–H and O–H groups in total. The first kappa shape index (κ1) is 18.1. The van der Waals surface area contributed by atoms with Gasteiger partial charge in [0.1, 0.15) is 5.69 Å². The smallest absolute Gasteiger partial charge is 0.293 e. The minimum atomic E-state index is -3.53. The molecule has 0 saturated heterocycles. The molecule has 0 fully saturated rings. The van der Waals surface area contributed by atoms with E-state index in [0.29, 0.717) is 31.1 Å². The summed E-state index contributed by atoms with van der Waals surface area (Å²) >= 11 is 0. The van der Waals surface area contributed by atoms with Crippen LogP contribution >= 0.6 is 0 Å². The van der Waals surface area contributed by atoms with E-state index in [9.17, 15) is 18.5 Å². The van der Waals surface area contributed by atoms with Gasteiger partial charge in [-0.3, -0.25) is 10.1 Å². The van der Waals surface area contributed by atoms with E-state index in [2.05, 4.69) is 10.2 Å². The van der Waals surface area contributed by atoms with Crippen molar-refractivity contribution in [3.8, 4) is 11.4 Å². The maximum absolute atomic E-state index is 11.7. The molecule has 2 heterocycles. The van der Waals surface area contributed by atoms with Crippen molar-refractivity contribution in [2.75, 3.05) is 17.7 Å². The third-order valence-electron chi connectivity index (χ3n) is 4.70. The standard InChI is InChI=1S/C18H17N5O4S/c1-28(26,27)14-7-8-15(16(11-14)23(24)25)21-9-10-22-17(12-21)19-20-18(22)13-5-3-2-4-6-13/h2-8,11H,9-10,12H2,1H3. The van der Waals surface area contributed by atoms with Crippen LogP contribution in [0, 0.1) is 10.1 Å².